The number of hydrogen-bond donors (Lipinski definition) is 2. The van der Waals surface area contributed by atoms with Crippen LogP contribution in [0.1, 0.15) is 12.0 Å². The van der Waals surface area contributed by atoms with Crippen LogP contribution in [-0.2, 0) is 9.84 Å². The van der Waals surface area contributed by atoms with Crippen molar-refractivity contribution in [2.75, 3.05) is 23.4 Å². The molecule has 7 heteroatoms. The Morgan fingerprint density at radius 1 is 1.56 bits per heavy atom. The van der Waals surface area contributed by atoms with E-state index in [4.69, 9.17) is 18.0 Å². The van der Waals surface area contributed by atoms with Crippen LogP contribution in [0.5, 0.6) is 0 Å². The summed E-state index contributed by atoms with van der Waals surface area (Å²) in [6.45, 7) is 0.624. The van der Waals surface area contributed by atoms with Gasteiger partial charge in [-0.3, -0.25) is 0 Å². The van der Waals surface area contributed by atoms with Crippen LogP contribution in [0.15, 0.2) is 18.3 Å². The van der Waals surface area contributed by atoms with Crippen molar-refractivity contribution >= 4 is 32.9 Å². The van der Waals surface area contributed by atoms with Crippen molar-refractivity contribution in [1.82, 2.24) is 4.98 Å². The third kappa shape index (κ3) is 3.39. The number of hydrogen-bond acceptors (Lipinski definition) is 5. The highest BCUT2D eigenvalue weighted by atomic mass is 32.2. The molecule has 0 bridgehead atoms. The zero-order valence-electron chi connectivity index (χ0n) is 9.80. The normalized spacial score (nSPS) is 21.7. The van der Waals surface area contributed by atoms with Crippen LogP contribution in [-0.4, -0.2) is 36.4 Å². The highest BCUT2D eigenvalue weighted by molar-refractivity contribution is 7.91. The van der Waals surface area contributed by atoms with Gasteiger partial charge in [-0.2, -0.15) is 0 Å². The molecule has 2 heterocycles. The van der Waals surface area contributed by atoms with Crippen LogP contribution < -0.4 is 11.1 Å². The summed E-state index contributed by atoms with van der Waals surface area (Å²) in [7, 11) is -2.81. The van der Waals surface area contributed by atoms with Crippen LogP contribution in [0.3, 0.4) is 0 Å². The van der Waals surface area contributed by atoms with E-state index in [2.05, 4.69) is 10.3 Å². The van der Waals surface area contributed by atoms with E-state index in [0.717, 1.165) is 12.0 Å². The highest BCUT2D eigenvalue weighted by Crippen LogP contribution is 2.18. The standard InChI is InChI=1S/C11H15N3O2S2/c12-11(17)9-1-2-10(14-6-9)13-5-8-3-4-18(15,16)7-8/h1-2,6,8H,3-5,7H2,(H2,12,17)(H,13,14). The van der Waals surface area contributed by atoms with E-state index in [1.807, 2.05) is 0 Å². The first-order valence-corrected chi connectivity index (χ1v) is 7.89. The smallest absolute Gasteiger partial charge is 0.150 e. The molecule has 0 radical (unpaired) electrons. The molecular formula is C11H15N3O2S2. The van der Waals surface area contributed by atoms with Gasteiger partial charge in [-0.15, -0.1) is 0 Å². The average Bonchev–Trinajstić information content (AvgIpc) is 2.67. The molecule has 1 aliphatic heterocycles. The van der Waals surface area contributed by atoms with Gasteiger partial charge >= 0.3 is 0 Å². The number of sulfone groups is 1. The van der Waals surface area contributed by atoms with Crippen LogP contribution in [0.25, 0.3) is 0 Å². The molecule has 1 fully saturated rings. The number of nitrogens with one attached hydrogen (secondary N) is 1. The third-order valence-electron chi connectivity index (χ3n) is 2.95. The lowest BCUT2D eigenvalue weighted by molar-refractivity contribution is 0.595. The van der Waals surface area contributed by atoms with Gasteiger partial charge in [0.1, 0.15) is 10.8 Å². The van der Waals surface area contributed by atoms with Gasteiger partial charge in [0, 0.05) is 18.3 Å². The second-order valence-electron chi connectivity index (χ2n) is 4.45. The summed E-state index contributed by atoms with van der Waals surface area (Å²) >= 11 is 4.83. The second kappa shape index (κ2) is 5.19. The van der Waals surface area contributed by atoms with Crippen LogP contribution in [0.4, 0.5) is 5.82 Å². The number of pyridine rings is 1. The molecule has 1 aromatic heterocycles. The number of anilines is 1. The van der Waals surface area contributed by atoms with E-state index in [1.165, 1.54) is 0 Å². The maximum Gasteiger partial charge on any atom is 0.150 e. The molecule has 3 N–H and O–H groups in total. The quantitative estimate of drug-likeness (QED) is 0.786. The van der Waals surface area contributed by atoms with Gasteiger partial charge in [0.25, 0.3) is 0 Å². The molecule has 1 unspecified atom stereocenters. The Balaban J connectivity index is 1.89. The molecule has 0 amide bonds. The van der Waals surface area contributed by atoms with Crippen molar-refractivity contribution in [3.8, 4) is 0 Å². The molecule has 1 aliphatic rings. The topological polar surface area (TPSA) is 85.1 Å². The first kappa shape index (κ1) is 13.2. The average molecular weight is 285 g/mol. The zero-order valence-corrected chi connectivity index (χ0v) is 11.4. The summed E-state index contributed by atoms with van der Waals surface area (Å²) in [5.41, 5.74) is 6.19. The van der Waals surface area contributed by atoms with Gasteiger partial charge in [-0.05, 0) is 24.5 Å². The second-order valence-corrected chi connectivity index (χ2v) is 7.11. The minimum absolute atomic E-state index is 0.173. The first-order chi connectivity index (χ1) is 8.46. The molecule has 0 aliphatic carbocycles. The molecule has 18 heavy (non-hydrogen) atoms. The Labute approximate surface area is 112 Å². The van der Waals surface area contributed by atoms with E-state index in [-0.39, 0.29) is 11.7 Å². The van der Waals surface area contributed by atoms with Crippen LogP contribution in [0, 0.1) is 5.92 Å². The number of thiocarbonyl (C=S) groups is 1. The summed E-state index contributed by atoms with van der Waals surface area (Å²) in [6.07, 6.45) is 2.33. The largest absolute Gasteiger partial charge is 0.389 e. The Morgan fingerprint density at radius 3 is 2.83 bits per heavy atom. The van der Waals surface area contributed by atoms with Crippen LogP contribution >= 0.6 is 12.2 Å². The summed E-state index contributed by atoms with van der Waals surface area (Å²) < 4.78 is 22.6. The molecule has 1 saturated heterocycles. The molecule has 98 valence electrons. The molecule has 0 saturated carbocycles. The van der Waals surface area contributed by atoms with Crippen LogP contribution in [0.2, 0.25) is 0 Å². The van der Waals surface area contributed by atoms with Gasteiger partial charge < -0.3 is 11.1 Å². The lowest BCUT2D eigenvalue weighted by Gasteiger charge is -2.10. The fourth-order valence-electron chi connectivity index (χ4n) is 1.93. The van der Waals surface area contributed by atoms with Gasteiger partial charge in [0.05, 0.1) is 11.5 Å². The highest BCUT2D eigenvalue weighted by Gasteiger charge is 2.27. The number of nitrogens with two attached hydrogens (primary N) is 1. The summed E-state index contributed by atoms with van der Waals surface area (Å²) in [5.74, 6) is 1.45. The van der Waals surface area contributed by atoms with Gasteiger partial charge in [0.2, 0.25) is 0 Å². The molecule has 1 atom stereocenters. The minimum atomic E-state index is -2.81. The first-order valence-electron chi connectivity index (χ1n) is 5.66. The zero-order chi connectivity index (χ0) is 13.2. The summed E-state index contributed by atoms with van der Waals surface area (Å²) in [5, 5.41) is 3.13. The molecule has 0 spiro atoms. The molecule has 5 nitrogen and oxygen atoms in total. The van der Waals surface area contributed by atoms with Crippen molar-refractivity contribution in [3.63, 3.8) is 0 Å². The monoisotopic (exact) mass is 285 g/mol. The summed E-state index contributed by atoms with van der Waals surface area (Å²) in [6, 6.07) is 3.58. The summed E-state index contributed by atoms with van der Waals surface area (Å²) in [4.78, 5) is 4.48. The predicted octanol–water partition coefficient (Wildman–Crippen LogP) is 0.562. The Bertz CT molecular complexity index is 540. The number of nitrogens with zero attached hydrogens (tertiary/aromatic N) is 1. The lowest BCUT2D eigenvalue weighted by Crippen LogP contribution is -2.16. The fraction of sp³-hybridized carbons (Fsp3) is 0.455. The van der Waals surface area contributed by atoms with Gasteiger partial charge in [-0.1, -0.05) is 12.2 Å². The fourth-order valence-corrected chi connectivity index (χ4v) is 3.91. The number of rotatable bonds is 4. The van der Waals surface area contributed by atoms with E-state index < -0.39 is 9.84 Å². The maximum atomic E-state index is 11.3. The van der Waals surface area contributed by atoms with Crippen molar-refractivity contribution < 1.29 is 8.42 Å². The predicted molar refractivity (Wildman–Crippen MR) is 75.4 cm³/mol. The Morgan fingerprint density at radius 2 is 2.33 bits per heavy atom. The van der Waals surface area contributed by atoms with E-state index in [1.54, 1.807) is 18.3 Å². The van der Waals surface area contributed by atoms with E-state index >= 15 is 0 Å². The third-order valence-corrected chi connectivity index (χ3v) is 5.02. The molecule has 2 rings (SSSR count). The molecular weight excluding hydrogens is 270 g/mol. The van der Waals surface area contributed by atoms with Gasteiger partial charge in [0.15, 0.2) is 9.84 Å². The maximum absolute atomic E-state index is 11.3. The minimum Gasteiger partial charge on any atom is -0.389 e. The lowest BCUT2D eigenvalue weighted by atomic mass is 10.1. The van der Waals surface area contributed by atoms with Gasteiger partial charge in [-0.25, -0.2) is 13.4 Å². The molecule has 1 aromatic rings. The van der Waals surface area contributed by atoms with Crippen molar-refractivity contribution in [1.29, 1.82) is 0 Å². The van der Waals surface area contributed by atoms with E-state index in [9.17, 15) is 8.42 Å². The van der Waals surface area contributed by atoms with Crippen molar-refractivity contribution in [2.24, 2.45) is 11.7 Å². The Hall–Kier alpha value is -1.21. The van der Waals surface area contributed by atoms with Crippen molar-refractivity contribution in [2.45, 2.75) is 6.42 Å². The van der Waals surface area contributed by atoms with E-state index in [0.29, 0.717) is 23.1 Å². The number of aromatic nitrogens is 1. The van der Waals surface area contributed by atoms with Crippen molar-refractivity contribution in [3.05, 3.63) is 23.9 Å². The SMILES string of the molecule is NC(=S)c1ccc(NCC2CCS(=O)(=O)C2)nc1. The molecule has 0 aromatic carbocycles. The Kier molecular flexibility index (Phi) is 3.82.